The lowest BCUT2D eigenvalue weighted by molar-refractivity contribution is -0.401. The summed E-state index contributed by atoms with van der Waals surface area (Å²) in [7, 11) is 3.64. The zero-order valence-corrected chi connectivity index (χ0v) is 23.4. The standard InChI is InChI=1S/C29H28BrF6N2/c1-26(2)20-15-17(28(31,32)33)7-11-22(20)37(5)24(26)13-9-19(30)10-14-25-27(3,4)21-16-18(29(34,35)36)8-12-23(21)38(25)6/h7-16H,1-6H3/q+1. The predicted molar refractivity (Wildman–Crippen MR) is 142 cm³/mol. The number of fused-ring (bicyclic) bond motifs is 2. The van der Waals surface area contributed by atoms with Crippen LogP contribution in [0.3, 0.4) is 0 Å². The quantitative estimate of drug-likeness (QED) is 0.194. The van der Waals surface area contributed by atoms with E-state index in [4.69, 9.17) is 0 Å². The summed E-state index contributed by atoms with van der Waals surface area (Å²) in [6.45, 7) is 7.54. The SMILES string of the molecule is CN1/C(=C/C=C(Br)/C=C/C2=[N+](C)c3ccc(C(F)(F)F)cc3C2(C)C)C(C)(C)c2cc(C(F)(F)F)ccc21. The number of benzene rings is 2. The van der Waals surface area contributed by atoms with Crippen LogP contribution in [0.4, 0.5) is 37.7 Å². The first kappa shape index (κ1) is 28.2. The van der Waals surface area contributed by atoms with E-state index in [1.54, 1.807) is 0 Å². The number of allylic oxidation sites excluding steroid dienone is 6. The van der Waals surface area contributed by atoms with E-state index in [1.807, 2.05) is 75.6 Å². The topological polar surface area (TPSA) is 6.25 Å². The monoisotopic (exact) mass is 597 g/mol. The molecule has 2 heterocycles. The van der Waals surface area contributed by atoms with Gasteiger partial charge in [-0.2, -0.15) is 30.9 Å². The second-order valence-corrected chi connectivity index (χ2v) is 11.6. The molecule has 0 aliphatic carbocycles. The van der Waals surface area contributed by atoms with Crippen molar-refractivity contribution in [3.05, 3.63) is 93.1 Å². The zero-order valence-electron chi connectivity index (χ0n) is 21.8. The highest BCUT2D eigenvalue weighted by Gasteiger charge is 2.45. The molecule has 0 saturated heterocycles. The van der Waals surface area contributed by atoms with Crippen molar-refractivity contribution < 1.29 is 30.9 Å². The molecule has 0 spiro atoms. The van der Waals surface area contributed by atoms with Gasteiger partial charge < -0.3 is 4.90 Å². The third-order valence-corrected chi connectivity index (χ3v) is 8.05. The van der Waals surface area contributed by atoms with Crippen LogP contribution in [0.5, 0.6) is 0 Å². The molecule has 2 nitrogen and oxygen atoms in total. The maximum Gasteiger partial charge on any atom is 0.416 e. The van der Waals surface area contributed by atoms with Crippen LogP contribution < -0.4 is 4.90 Å². The van der Waals surface area contributed by atoms with Gasteiger partial charge in [-0.3, -0.25) is 0 Å². The van der Waals surface area contributed by atoms with Gasteiger partial charge in [0.2, 0.25) is 5.69 Å². The Hall–Kier alpha value is -2.81. The molecule has 0 atom stereocenters. The molecule has 0 fully saturated rings. The van der Waals surface area contributed by atoms with Gasteiger partial charge in [0.25, 0.3) is 0 Å². The van der Waals surface area contributed by atoms with Crippen molar-refractivity contribution in [2.45, 2.75) is 50.9 Å². The number of rotatable bonds is 3. The molecule has 9 heteroatoms. The van der Waals surface area contributed by atoms with Gasteiger partial charge in [-0.05, 0) is 68.0 Å². The van der Waals surface area contributed by atoms with Crippen LogP contribution in [0.2, 0.25) is 0 Å². The van der Waals surface area contributed by atoms with Crippen molar-refractivity contribution in [2.24, 2.45) is 0 Å². The molecule has 0 bridgehead atoms. The molecule has 0 radical (unpaired) electrons. The van der Waals surface area contributed by atoms with Crippen molar-refractivity contribution in [3.63, 3.8) is 0 Å². The smallest absolute Gasteiger partial charge is 0.347 e. The van der Waals surface area contributed by atoms with Crippen molar-refractivity contribution in [3.8, 4) is 0 Å². The van der Waals surface area contributed by atoms with Gasteiger partial charge >= 0.3 is 12.4 Å². The lowest BCUT2D eigenvalue weighted by Crippen LogP contribution is -2.26. The fourth-order valence-corrected chi connectivity index (χ4v) is 5.66. The fraction of sp³-hybridized carbons (Fsp3) is 0.345. The number of alkyl halides is 6. The van der Waals surface area contributed by atoms with Gasteiger partial charge in [0, 0.05) is 46.0 Å². The summed E-state index contributed by atoms with van der Waals surface area (Å²) in [5, 5.41) is 0. The van der Waals surface area contributed by atoms with Crippen LogP contribution >= 0.6 is 15.9 Å². The van der Waals surface area contributed by atoms with Crippen LogP contribution in [0.25, 0.3) is 0 Å². The van der Waals surface area contributed by atoms with E-state index in [0.29, 0.717) is 15.6 Å². The van der Waals surface area contributed by atoms with Gasteiger partial charge in [0.05, 0.1) is 16.5 Å². The first-order valence-corrected chi connectivity index (χ1v) is 12.7. The number of halogens is 7. The molecule has 38 heavy (non-hydrogen) atoms. The van der Waals surface area contributed by atoms with Gasteiger partial charge in [0.15, 0.2) is 5.71 Å². The van der Waals surface area contributed by atoms with Crippen molar-refractivity contribution >= 4 is 33.0 Å². The lowest BCUT2D eigenvalue weighted by atomic mass is 9.80. The van der Waals surface area contributed by atoms with Crippen molar-refractivity contribution in [1.29, 1.82) is 0 Å². The summed E-state index contributed by atoms with van der Waals surface area (Å²) >= 11 is 3.54. The molecule has 2 aliphatic rings. The largest absolute Gasteiger partial charge is 0.416 e. The third kappa shape index (κ3) is 4.74. The first-order valence-electron chi connectivity index (χ1n) is 11.9. The fourth-order valence-electron chi connectivity index (χ4n) is 5.40. The molecule has 4 rings (SSSR count). The molecule has 0 N–H and O–H groups in total. The van der Waals surface area contributed by atoms with Gasteiger partial charge in [-0.1, -0.05) is 29.8 Å². The van der Waals surface area contributed by atoms with Gasteiger partial charge in [-0.25, -0.2) is 0 Å². The van der Waals surface area contributed by atoms with Crippen LogP contribution in [0, 0.1) is 0 Å². The predicted octanol–water partition coefficient (Wildman–Crippen LogP) is 8.88. The molecule has 0 aromatic heterocycles. The van der Waals surface area contributed by atoms with E-state index in [1.165, 1.54) is 24.3 Å². The molecular formula is C29H28BrF6N2+. The first-order chi connectivity index (χ1) is 17.4. The number of anilines is 1. The molecule has 2 aromatic carbocycles. The molecule has 2 aromatic rings. The summed E-state index contributed by atoms with van der Waals surface area (Å²) in [6, 6.07) is 7.60. The normalized spacial score (nSPS) is 20.1. The maximum absolute atomic E-state index is 13.3. The number of nitrogens with zero attached hydrogens (tertiary/aromatic N) is 2. The van der Waals surface area contributed by atoms with E-state index >= 15 is 0 Å². The minimum atomic E-state index is -4.42. The zero-order chi connectivity index (χ0) is 28.4. The maximum atomic E-state index is 13.3. The highest BCUT2D eigenvalue weighted by molar-refractivity contribution is 9.11. The van der Waals surface area contributed by atoms with Crippen LogP contribution in [-0.2, 0) is 23.2 Å². The van der Waals surface area contributed by atoms with E-state index < -0.39 is 34.3 Å². The average molecular weight is 598 g/mol. The van der Waals surface area contributed by atoms with E-state index in [0.717, 1.165) is 34.9 Å². The Morgan fingerprint density at radius 1 is 0.868 bits per heavy atom. The number of hydrogen-bond acceptors (Lipinski definition) is 1. The highest BCUT2D eigenvalue weighted by Crippen LogP contribution is 2.49. The third-order valence-electron chi connectivity index (χ3n) is 7.52. The van der Waals surface area contributed by atoms with Crippen LogP contribution in [0.15, 0.2) is 70.9 Å². The Morgan fingerprint density at radius 3 is 2.00 bits per heavy atom. The van der Waals surface area contributed by atoms with E-state index in [-0.39, 0.29) is 0 Å². The summed E-state index contributed by atoms with van der Waals surface area (Å²) in [5.41, 5.74) is 1.63. The van der Waals surface area contributed by atoms with Crippen LogP contribution in [-0.4, -0.2) is 24.4 Å². The van der Waals surface area contributed by atoms with E-state index in [9.17, 15) is 26.3 Å². The Kier molecular flexibility index (Phi) is 6.78. The minimum absolute atomic E-state index is 0.599. The Balaban J connectivity index is 1.62. The summed E-state index contributed by atoms with van der Waals surface area (Å²) < 4.78 is 82.4. The summed E-state index contributed by atoms with van der Waals surface area (Å²) in [4.78, 5) is 1.88. The Morgan fingerprint density at radius 2 is 1.42 bits per heavy atom. The molecule has 2 aliphatic heterocycles. The summed E-state index contributed by atoms with van der Waals surface area (Å²) in [5.74, 6) is 0. The van der Waals surface area contributed by atoms with Crippen LogP contribution in [0.1, 0.15) is 49.9 Å². The second-order valence-electron chi connectivity index (χ2n) is 10.6. The molecule has 0 saturated carbocycles. The Bertz CT molecular complexity index is 1420. The van der Waals surface area contributed by atoms with E-state index in [2.05, 4.69) is 15.9 Å². The second kappa shape index (κ2) is 9.14. The lowest BCUT2D eigenvalue weighted by Gasteiger charge is -2.24. The Labute approximate surface area is 226 Å². The molecule has 0 unspecified atom stereocenters. The number of hydrogen-bond donors (Lipinski definition) is 0. The highest BCUT2D eigenvalue weighted by atomic mass is 79.9. The molecule has 202 valence electrons. The minimum Gasteiger partial charge on any atom is -0.347 e. The molecular weight excluding hydrogens is 570 g/mol. The number of likely N-dealkylation sites (N-methyl/N-ethyl adjacent to an activating group) is 1. The molecule has 0 amide bonds. The average Bonchev–Trinajstić information content (AvgIpc) is 3.12. The summed E-state index contributed by atoms with van der Waals surface area (Å²) in [6.07, 6.45) is -1.48. The van der Waals surface area contributed by atoms with Gasteiger partial charge in [-0.15, -0.1) is 0 Å². The van der Waals surface area contributed by atoms with Crippen molar-refractivity contribution in [2.75, 3.05) is 19.0 Å². The van der Waals surface area contributed by atoms with Crippen molar-refractivity contribution in [1.82, 2.24) is 0 Å². The van der Waals surface area contributed by atoms with Gasteiger partial charge in [0.1, 0.15) is 7.05 Å².